The van der Waals surface area contributed by atoms with Crippen molar-refractivity contribution in [3.8, 4) is 0 Å². The van der Waals surface area contributed by atoms with Gasteiger partial charge in [-0.3, -0.25) is 14.4 Å². The maximum absolute atomic E-state index is 11.8. The van der Waals surface area contributed by atoms with E-state index >= 15 is 0 Å². The molecule has 6 nitrogen and oxygen atoms in total. The Balaban J connectivity index is 1.76. The van der Waals surface area contributed by atoms with E-state index in [9.17, 15) is 14.4 Å². The van der Waals surface area contributed by atoms with Crippen LogP contribution in [0.15, 0.2) is 0 Å². The molecule has 1 aliphatic carbocycles. The van der Waals surface area contributed by atoms with Crippen molar-refractivity contribution in [1.82, 2.24) is 10.2 Å². The van der Waals surface area contributed by atoms with Gasteiger partial charge in [-0.25, -0.2) is 0 Å². The van der Waals surface area contributed by atoms with E-state index in [0.29, 0.717) is 19.4 Å². The number of rotatable bonds is 3. The second-order valence-electron chi connectivity index (χ2n) is 4.89. The molecule has 0 aromatic heterocycles. The van der Waals surface area contributed by atoms with Crippen molar-refractivity contribution in [3.63, 3.8) is 0 Å². The van der Waals surface area contributed by atoms with Gasteiger partial charge in [0.1, 0.15) is 0 Å². The van der Waals surface area contributed by atoms with Gasteiger partial charge in [0.15, 0.2) is 0 Å². The van der Waals surface area contributed by atoms with Crippen LogP contribution in [0.2, 0.25) is 0 Å². The van der Waals surface area contributed by atoms with Crippen molar-refractivity contribution in [2.24, 2.45) is 11.8 Å². The van der Waals surface area contributed by atoms with E-state index in [0.717, 1.165) is 0 Å². The van der Waals surface area contributed by atoms with Crippen LogP contribution in [0.5, 0.6) is 0 Å². The van der Waals surface area contributed by atoms with E-state index in [4.69, 9.17) is 5.11 Å². The molecule has 6 heteroatoms. The third-order valence-electron chi connectivity index (χ3n) is 3.55. The second kappa shape index (κ2) is 4.35. The number of carboxylic acid groups (broad SMARTS) is 1. The molecular weight excluding hydrogens is 224 g/mol. The fourth-order valence-electron chi connectivity index (χ4n) is 2.30. The lowest BCUT2D eigenvalue weighted by Crippen LogP contribution is -2.48. The summed E-state index contributed by atoms with van der Waals surface area (Å²) < 4.78 is 0. The van der Waals surface area contributed by atoms with Crippen LogP contribution in [0.3, 0.4) is 0 Å². The average molecular weight is 240 g/mol. The monoisotopic (exact) mass is 240 g/mol. The number of nitrogens with one attached hydrogen (secondary N) is 1. The van der Waals surface area contributed by atoms with Gasteiger partial charge in [0.2, 0.25) is 11.8 Å². The molecule has 2 fully saturated rings. The zero-order valence-corrected chi connectivity index (χ0v) is 9.68. The van der Waals surface area contributed by atoms with Gasteiger partial charge >= 0.3 is 5.97 Å². The van der Waals surface area contributed by atoms with Gasteiger partial charge in [-0.2, -0.15) is 0 Å². The quantitative estimate of drug-likeness (QED) is 0.692. The van der Waals surface area contributed by atoms with Crippen LogP contribution in [0.25, 0.3) is 0 Å². The van der Waals surface area contributed by atoms with Crippen LogP contribution in [0, 0.1) is 11.8 Å². The summed E-state index contributed by atoms with van der Waals surface area (Å²) in [6, 6.07) is -0.0374. The van der Waals surface area contributed by atoms with E-state index in [1.54, 1.807) is 11.9 Å². The summed E-state index contributed by atoms with van der Waals surface area (Å²) in [5, 5.41) is 11.5. The van der Waals surface area contributed by atoms with Gasteiger partial charge in [0.25, 0.3) is 0 Å². The van der Waals surface area contributed by atoms with E-state index in [2.05, 4.69) is 5.32 Å². The van der Waals surface area contributed by atoms with Crippen LogP contribution in [0.4, 0.5) is 0 Å². The molecule has 1 saturated heterocycles. The van der Waals surface area contributed by atoms with E-state index in [-0.39, 0.29) is 36.1 Å². The minimum Gasteiger partial charge on any atom is -0.481 e. The van der Waals surface area contributed by atoms with Crippen LogP contribution >= 0.6 is 0 Å². The number of likely N-dealkylation sites (tertiary alicyclic amines) is 1. The molecule has 1 aliphatic heterocycles. The van der Waals surface area contributed by atoms with E-state index in [1.807, 2.05) is 0 Å². The molecule has 2 N–H and O–H groups in total. The van der Waals surface area contributed by atoms with Gasteiger partial charge in [-0.05, 0) is 12.8 Å². The lowest BCUT2D eigenvalue weighted by atomic mass is 9.80. The lowest BCUT2D eigenvalue weighted by molar-refractivity contribution is -0.146. The molecular formula is C11H16N2O4. The molecule has 2 rings (SSSR count). The summed E-state index contributed by atoms with van der Waals surface area (Å²) in [7, 11) is 1.68. The van der Waals surface area contributed by atoms with Gasteiger partial charge in [-0.1, -0.05) is 0 Å². The molecule has 17 heavy (non-hydrogen) atoms. The summed E-state index contributed by atoms with van der Waals surface area (Å²) in [6.45, 7) is 0.458. The molecule has 0 aromatic rings. The Morgan fingerprint density at radius 3 is 2.47 bits per heavy atom. The number of hydrogen-bond donors (Lipinski definition) is 2. The number of hydrogen-bond acceptors (Lipinski definition) is 3. The maximum atomic E-state index is 11.8. The Morgan fingerprint density at radius 2 is 2.00 bits per heavy atom. The number of carbonyl (C=O) groups is 3. The Hall–Kier alpha value is -1.59. The number of carbonyl (C=O) groups excluding carboxylic acids is 2. The first-order valence-corrected chi connectivity index (χ1v) is 5.74. The Bertz CT molecular complexity index is 362. The van der Waals surface area contributed by atoms with Crippen LogP contribution < -0.4 is 5.32 Å². The molecule has 0 bridgehead atoms. The molecule has 0 aromatic carbocycles. The van der Waals surface area contributed by atoms with Gasteiger partial charge in [0, 0.05) is 26.1 Å². The minimum absolute atomic E-state index is 0.0119. The zero-order valence-electron chi connectivity index (χ0n) is 9.68. The molecule has 0 radical (unpaired) electrons. The van der Waals surface area contributed by atoms with Crippen LogP contribution in [-0.4, -0.2) is 47.4 Å². The normalized spacial score (nSPS) is 32.2. The summed E-state index contributed by atoms with van der Waals surface area (Å²) >= 11 is 0. The molecule has 94 valence electrons. The highest BCUT2D eigenvalue weighted by atomic mass is 16.4. The predicted octanol–water partition coefficient (Wildman–Crippen LogP) is -0.556. The summed E-state index contributed by atoms with van der Waals surface area (Å²) in [4.78, 5) is 35.2. The third-order valence-corrected chi connectivity index (χ3v) is 3.55. The predicted molar refractivity (Wildman–Crippen MR) is 58.0 cm³/mol. The SMILES string of the molecule is CN1CC(C(=O)NC2CC(C(=O)O)C2)CC1=O. The number of aliphatic carboxylic acids is 1. The van der Waals surface area contributed by atoms with Crippen molar-refractivity contribution in [2.45, 2.75) is 25.3 Å². The second-order valence-corrected chi connectivity index (χ2v) is 4.89. The maximum Gasteiger partial charge on any atom is 0.306 e. The van der Waals surface area contributed by atoms with E-state index < -0.39 is 5.97 Å². The third kappa shape index (κ3) is 2.40. The van der Waals surface area contributed by atoms with Crippen molar-refractivity contribution in [1.29, 1.82) is 0 Å². The molecule has 1 atom stereocenters. The average Bonchev–Trinajstić information content (AvgIpc) is 2.51. The van der Waals surface area contributed by atoms with Gasteiger partial charge in [0.05, 0.1) is 11.8 Å². The van der Waals surface area contributed by atoms with Gasteiger partial charge < -0.3 is 15.3 Å². The highest BCUT2D eigenvalue weighted by Gasteiger charge is 2.38. The highest BCUT2D eigenvalue weighted by Crippen LogP contribution is 2.28. The van der Waals surface area contributed by atoms with Crippen molar-refractivity contribution >= 4 is 17.8 Å². The Morgan fingerprint density at radius 1 is 1.35 bits per heavy atom. The number of nitrogens with zero attached hydrogens (tertiary/aromatic N) is 1. The molecule has 2 aliphatic rings. The van der Waals surface area contributed by atoms with Crippen LogP contribution in [0.1, 0.15) is 19.3 Å². The topological polar surface area (TPSA) is 86.7 Å². The standard InChI is InChI=1S/C11H16N2O4/c1-13-5-7(4-9(13)14)10(15)12-8-2-6(3-8)11(16)17/h6-8H,2-5H2,1H3,(H,12,15)(H,16,17). The number of amides is 2. The van der Waals surface area contributed by atoms with Crippen molar-refractivity contribution in [2.75, 3.05) is 13.6 Å². The Labute approximate surface area is 99.0 Å². The fraction of sp³-hybridized carbons (Fsp3) is 0.727. The summed E-state index contributed by atoms with van der Waals surface area (Å²) in [5.41, 5.74) is 0. The first-order chi connectivity index (χ1) is 7.97. The fourth-order valence-corrected chi connectivity index (χ4v) is 2.30. The van der Waals surface area contributed by atoms with E-state index in [1.165, 1.54) is 0 Å². The van der Waals surface area contributed by atoms with Crippen molar-refractivity contribution < 1.29 is 19.5 Å². The summed E-state index contributed by atoms with van der Waals surface area (Å²) in [6.07, 6.45) is 1.26. The number of carboxylic acids is 1. The largest absolute Gasteiger partial charge is 0.481 e. The van der Waals surface area contributed by atoms with Crippen LogP contribution in [-0.2, 0) is 14.4 Å². The molecule has 1 unspecified atom stereocenters. The van der Waals surface area contributed by atoms with Crippen molar-refractivity contribution in [3.05, 3.63) is 0 Å². The molecule has 1 saturated carbocycles. The first kappa shape index (κ1) is 11.9. The highest BCUT2D eigenvalue weighted by molar-refractivity contribution is 5.89. The summed E-state index contributed by atoms with van der Waals surface area (Å²) in [5.74, 6) is -1.55. The zero-order chi connectivity index (χ0) is 12.6. The minimum atomic E-state index is -0.800. The first-order valence-electron chi connectivity index (χ1n) is 5.74. The Kier molecular flexibility index (Phi) is 3.04. The molecule has 2 amide bonds. The van der Waals surface area contributed by atoms with Gasteiger partial charge in [-0.15, -0.1) is 0 Å². The molecule has 0 spiro atoms. The molecule has 1 heterocycles. The smallest absolute Gasteiger partial charge is 0.306 e. The lowest BCUT2D eigenvalue weighted by Gasteiger charge is -2.33.